The van der Waals surface area contributed by atoms with Crippen LogP contribution in [0.1, 0.15) is 64.6 Å². The molecule has 1 atom stereocenters. The van der Waals surface area contributed by atoms with Gasteiger partial charge in [-0.3, -0.25) is 0 Å². The van der Waals surface area contributed by atoms with Crippen LogP contribution >= 0.6 is 0 Å². The summed E-state index contributed by atoms with van der Waals surface area (Å²) in [6.45, 7) is 11.8. The van der Waals surface area contributed by atoms with Gasteiger partial charge >= 0.3 is 0 Å². The van der Waals surface area contributed by atoms with Crippen molar-refractivity contribution in [3.63, 3.8) is 0 Å². The summed E-state index contributed by atoms with van der Waals surface area (Å²) in [7, 11) is 1.73. The first-order chi connectivity index (χ1) is 9.82. The van der Waals surface area contributed by atoms with E-state index in [4.69, 9.17) is 9.47 Å². The average Bonchev–Trinajstić information content (AvgIpc) is 2.58. The molecule has 0 spiro atoms. The zero-order valence-corrected chi connectivity index (χ0v) is 14.2. The minimum atomic E-state index is 0.0331. The van der Waals surface area contributed by atoms with E-state index >= 15 is 0 Å². The van der Waals surface area contributed by atoms with E-state index in [1.807, 2.05) is 0 Å². The number of nitrogens with one attached hydrogen (secondary N) is 1. The number of methoxy groups -OCH3 is 1. The topological polar surface area (TPSA) is 30.5 Å². The second-order valence-electron chi connectivity index (χ2n) is 7.21. The Balaban J connectivity index is 2.56. The van der Waals surface area contributed by atoms with Gasteiger partial charge in [0.2, 0.25) is 0 Å². The second-order valence-corrected chi connectivity index (χ2v) is 7.21. The highest BCUT2D eigenvalue weighted by Gasteiger charge is 2.28. The Hall–Kier alpha value is -1.22. The molecule has 1 heterocycles. The minimum Gasteiger partial charge on any atom is -0.497 e. The quantitative estimate of drug-likeness (QED) is 0.905. The highest BCUT2D eigenvalue weighted by molar-refractivity contribution is 5.52. The van der Waals surface area contributed by atoms with Gasteiger partial charge in [0.1, 0.15) is 11.5 Å². The van der Waals surface area contributed by atoms with E-state index in [1.165, 1.54) is 11.1 Å². The number of ether oxygens (including phenoxy) is 2. The third kappa shape index (κ3) is 3.70. The van der Waals surface area contributed by atoms with Crippen molar-refractivity contribution in [1.29, 1.82) is 0 Å². The molecule has 0 amide bonds. The van der Waals surface area contributed by atoms with Crippen molar-refractivity contribution in [3.8, 4) is 11.5 Å². The predicted octanol–water partition coefficient (Wildman–Crippen LogP) is 4.20. The SMILES string of the molecule is COc1cc2c(c(C(C)(C)C)c1)OCCCC2NC(C)C. The van der Waals surface area contributed by atoms with E-state index in [-0.39, 0.29) is 5.41 Å². The smallest absolute Gasteiger partial charge is 0.128 e. The predicted molar refractivity (Wildman–Crippen MR) is 87.4 cm³/mol. The summed E-state index contributed by atoms with van der Waals surface area (Å²) in [6.07, 6.45) is 2.17. The molecule has 1 unspecified atom stereocenters. The molecule has 3 heteroatoms. The molecule has 0 radical (unpaired) electrons. The van der Waals surface area contributed by atoms with Gasteiger partial charge in [0, 0.05) is 23.2 Å². The molecule has 2 rings (SSSR count). The van der Waals surface area contributed by atoms with Crippen molar-refractivity contribution in [2.75, 3.05) is 13.7 Å². The van der Waals surface area contributed by atoms with Gasteiger partial charge in [-0.25, -0.2) is 0 Å². The molecular weight excluding hydrogens is 262 g/mol. The van der Waals surface area contributed by atoms with Crippen LogP contribution in [0.5, 0.6) is 11.5 Å². The molecule has 21 heavy (non-hydrogen) atoms. The van der Waals surface area contributed by atoms with E-state index in [1.54, 1.807) is 7.11 Å². The lowest BCUT2D eigenvalue weighted by atomic mass is 9.83. The summed E-state index contributed by atoms with van der Waals surface area (Å²) < 4.78 is 11.6. The summed E-state index contributed by atoms with van der Waals surface area (Å²) in [5, 5.41) is 3.67. The van der Waals surface area contributed by atoms with Crippen molar-refractivity contribution in [2.45, 2.75) is 65.0 Å². The van der Waals surface area contributed by atoms with Crippen LogP contribution in [-0.4, -0.2) is 19.8 Å². The zero-order valence-electron chi connectivity index (χ0n) is 14.2. The molecule has 0 bridgehead atoms. The monoisotopic (exact) mass is 291 g/mol. The molecule has 1 aliphatic rings. The summed E-state index contributed by atoms with van der Waals surface area (Å²) >= 11 is 0. The number of hydrogen-bond acceptors (Lipinski definition) is 3. The average molecular weight is 291 g/mol. The van der Waals surface area contributed by atoms with Crippen LogP contribution in [0.15, 0.2) is 12.1 Å². The molecule has 1 N–H and O–H groups in total. The molecule has 0 saturated heterocycles. The summed E-state index contributed by atoms with van der Waals surface area (Å²) in [4.78, 5) is 0. The van der Waals surface area contributed by atoms with Crippen LogP contribution in [0.3, 0.4) is 0 Å². The third-order valence-corrected chi connectivity index (χ3v) is 3.93. The van der Waals surface area contributed by atoms with Crippen molar-refractivity contribution >= 4 is 0 Å². The minimum absolute atomic E-state index is 0.0331. The lowest BCUT2D eigenvalue weighted by Crippen LogP contribution is -2.28. The van der Waals surface area contributed by atoms with Crippen LogP contribution in [-0.2, 0) is 5.41 Å². The number of fused-ring (bicyclic) bond motifs is 1. The Morgan fingerprint density at radius 2 is 2.00 bits per heavy atom. The van der Waals surface area contributed by atoms with Crippen LogP contribution in [0.4, 0.5) is 0 Å². The summed E-state index contributed by atoms with van der Waals surface area (Å²) in [5.41, 5.74) is 2.51. The van der Waals surface area contributed by atoms with Crippen molar-refractivity contribution < 1.29 is 9.47 Å². The first kappa shape index (κ1) is 16.2. The van der Waals surface area contributed by atoms with Crippen LogP contribution in [0.2, 0.25) is 0 Å². The fraction of sp³-hybridized carbons (Fsp3) is 0.667. The van der Waals surface area contributed by atoms with Gasteiger partial charge in [0.15, 0.2) is 0 Å². The lowest BCUT2D eigenvalue weighted by molar-refractivity contribution is 0.306. The van der Waals surface area contributed by atoms with Gasteiger partial charge in [-0.1, -0.05) is 34.6 Å². The van der Waals surface area contributed by atoms with Crippen LogP contribution in [0.25, 0.3) is 0 Å². The molecule has 1 aromatic rings. The molecule has 118 valence electrons. The fourth-order valence-corrected chi connectivity index (χ4v) is 2.91. The molecule has 0 aromatic heterocycles. The van der Waals surface area contributed by atoms with Crippen LogP contribution in [0, 0.1) is 0 Å². The van der Waals surface area contributed by atoms with Gasteiger partial charge in [-0.2, -0.15) is 0 Å². The summed E-state index contributed by atoms with van der Waals surface area (Å²) in [6, 6.07) is 5.04. The molecule has 0 saturated carbocycles. The van der Waals surface area contributed by atoms with E-state index < -0.39 is 0 Å². The van der Waals surface area contributed by atoms with Gasteiger partial charge < -0.3 is 14.8 Å². The second kappa shape index (κ2) is 6.27. The Bertz CT molecular complexity index is 489. The van der Waals surface area contributed by atoms with E-state index in [9.17, 15) is 0 Å². The highest BCUT2D eigenvalue weighted by atomic mass is 16.5. The molecule has 3 nitrogen and oxygen atoms in total. The van der Waals surface area contributed by atoms with E-state index in [0.29, 0.717) is 12.1 Å². The maximum atomic E-state index is 6.12. The Kier molecular flexibility index (Phi) is 4.82. The first-order valence-corrected chi connectivity index (χ1v) is 7.94. The van der Waals surface area contributed by atoms with Crippen molar-refractivity contribution in [1.82, 2.24) is 5.32 Å². The highest BCUT2D eigenvalue weighted by Crippen LogP contribution is 2.42. The Labute approximate surface area is 129 Å². The Morgan fingerprint density at radius 1 is 1.29 bits per heavy atom. The van der Waals surface area contributed by atoms with Crippen molar-refractivity contribution in [3.05, 3.63) is 23.3 Å². The van der Waals surface area contributed by atoms with E-state index in [2.05, 4.69) is 52.1 Å². The largest absolute Gasteiger partial charge is 0.497 e. The van der Waals surface area contributed by atoms with Crippen LogP contribution < -0.4 is 14.8 Å². The standard InChI is InChI=1S/C18H29NO2/c1-12(2)19-16-8-7-9-21-17-14(16)10-13(20-6)11-15(17)18(3,4)5/h10-12,16,19H,7-9H2,1-6H3. The number of benzene rings is 1. The lowest BCUT2D eigenvalue weighted by Gasteiger charge is -2.27. The van der Waals surface area contributed by atoms with Gasteiger partial charge in [-0.15, -0.1) is 0 Å². The van der Waals surface area contributed by atoms with E-state index in [0.717, 1.165) is 30.9 Å². The number of rotatable bonds is 3. The molecule has 0 fully saturated rings. The number of hydrogen-bond donors (Lipinski definition) is 1. The van der Waals surface area contributed by atoms with Gasteiger partial charge in [-0.05, 0) is 30.4 Å². The molecule has 0 aliphatic carbocycles. The summed E-state index contributed by atoms with van der Waals surface area (Å²) in [5.74, 6) is 1.97. The zero-order chi connectivity index (χ0) is 15.6. The first-order valence-electron chi connectivity index (χ1n) is 7.94. The van der Waals surface area contributed by atoms with Gasteiger partial charge in [0.05, 0.1) is 13.7 Å². The molecule has 1 aromatic carbocycles. The third-order valence-electron chi connectivity index (χ3n) is 3.93. The Morgan fingerprint density at radius 3 is 2.57 bits per heavy atom. The maximum absolute atomic E-state index is 6.12. The fourth-order valence-electron chi connectivity index (χ4n) is 2.91. The molecular formula is C18H29NO2. The maximum Gasteiger partial charge on any atom is 0.128 e. The van der Waals surface area contributed by atoms with Gasteiger partial charge in [0.25, 0.3) is 0 Å². The van der Waals surface area contributed by atoms with Crippen molar-refractivity contribution in [2.24, 2.45) is 0 Å². The normalized spacial score (nSPS) is 18.9. The molecule has 1 aliphatic heterocycles.